The van der Waals surface area contributed by atoms with Gasteiger partial charge in [-0.1, -0.05) is 30.3 Å². The molecule has 1 amide bonds. The molecule has 2 bridgehead atoms. The lowest BCUT2D eigenvalue weighted by atomic mass is 9.68. The Bertz CT molecular complexity index is 1100. The molecule has 4 heteroatoms. The third-order valence-corrected chi connectivity index (χ3v) is 7.71. The number of nitrogens with one attached hydrogen (secondary N) is 2. The first kappa shape index (κ1) is 18.6. The van der Waals surface area contributed by atoms with E-state index in [9.17, 15) is 4.79 Å². The van der Waals surface area contributed by atoms with Crippen molar-refractivity contribution < 1.29 is 4.79 Å². The molecule has 4 nitrogen and oxygen atoms in total. The predicted octanol–water partition coefficient (Wildman–Crippen LogP) is 5.31. The van der Waals surface area contributed by atoms with Gasteiger partial charge >= 0.3 is 0 Å². The van der Waals surface area contributed by atoms with Crippen LogP contribution in [0.15, 0.2) is 73.1 Å². The number of hydrogen-bond acceptors (Lipinski definition) is 3. The van der Waals surface area contributed by atoms with Crippen LogP contribution in [-0.2, 0) is 6.54 Å². The highest BCUT2D eigenvalue weighted by atomic mass is 16.1. The Morgan fingerprint density at radius 2 is 1.81 bits per heavy atom. The molecule has 2 N–H and O–H groups in total. The maximum absolute atomic E-state index is 12.9. The zero-order chi connectivity index (χ0) is 20.8. The number of fused-ring (bicyclic) bond motifs is 7. The first-order valence-electron chi connectivity index (χ1n) is 11.4. The molecule has 2 fully saturated rings. The summed E-state index contributed by atoms with van der Waals surface area (Å²) in [6.07, 6.45) is 7.51. The lowest BCUT2D eigenvalue weighted by molar-refractivity contribution is 0.0950. The minimum Gasteiger partial charge on any atom is -0.378 e. The van der Waals surface area contributed by atoms with Gasteiger partial charge in [-0.25, -0.2) is 0 Å². The van der Waals surface area contributed by atoms with Crippen molar-refractivity contribution in [2.75, 3.05) is 5.32 Å². The van der Waals surface area contributed by atoms with Gasteiger partial charge in [0, 0.05) is 30.2 Å². The van der Waals surface area contributed by atoms with Crippen LogP contribution >= 0.6 is 0 Å². The van der Waals surface area contributed by atoms with Crippen molar-refractivity contribution in [1.29, 1.82) is 0 Å². The van der Waals surface area contributed by atoms with Gasteiger partial charge in [-0.05, 0) is 90.0 Å². The molecule has 0 radical (unpaired) electrons. The van der Waals surface area contributed by atoms with E-state index in [2.05, 4.69) is 58.1 Å². The molecule has 0 spiro atoms. The van der Waals surface area contributed by atoms with Gasteiger partial charge in [-0.2, -0.15) is 0 Å². The Hall–Kier alpha value is -3.14. The lowest BCUT2D eigenvalue weighted by Gasteiger charge is -2.43. The Kier molecular flexibility index (Phi) is 4.52. The Labute approximate surface area is 183 Å². The molecule has 2 aliphatic carbocycles. The van der Waals surface area contributed by atoms with Crippen molar-refractivity contribution in [2.24, 2.45) is 17.8 Å². The van der Waals surface area contributed by atoms with Gasteiger partial charge < -0.3 is 10.6 Å². The van der Waals surface area contributed by atoms with Gasteiger partial charge in [-0.3, -0.25) is 9.78 Å². The van der Waals surface area contributed by atoms with Crippen LogP contribution in [-0.4, -0.2) is 10.9 Å². The third kappa shape index (κ3) is 3.21. The normalized spacial score (nSPS) is 27.8. The Balaban J connectivity index is 1.30. The van der Waals surface area contributed by atoms with Crippen LogP contribution in [0.3, 0.4) is 0 Å². The second-order valence-electron chi connectivity index (χ2n) is 9.31. The number of carbonyl (C=O) groups excluding carboxylic acids is 1. The number of aromatic nitrogens is 1. The van der Waals surface area contributed by atoms with E-state index in [0.717, 1.165) is 23.0 Å². The molecular weight excluding hydrogens is 382 g/mol. The summed E-state index contributed by atoms with van der Waals surface area (Å²) < 4.78 is 0. The summed E-state index contributed by atoms with van der Waals surface area (Å²) in [5, 5.41) is 6.92. The number of carbonyl (C=O) groups is 1. The second kappa shape index (κ2) is 7.52. The highest BCUT2D eigenvalue weighted by molar-refractivity contribution is 5.95. The van der Waals surface area contributed by atoms with E-state index in [1.807, 2.05) is 18.2 Å². The van der Waals surface area contributed by atoms with Crippen molar-refractivity contribution >= 4 is 11.6 Å². The zero-order valence-electron chi connectivity index (χ0n) is 17.5. The molecule has 3 aliphatic rings. The van der Waals surface area contributed by atoms with E-state index in [4.69, 9.17) is 0 Å². The smallest absolute Gasteiger partial charge is 0.251 e. The summed E-state index contributed by atoms with van der Waals surface area (Å²) in [7, 11) is 0. The van der Waals surface area contributed by atoms with Crippen LogP contribution in [0.1, 0.15) is 58.3 Å². The monoisotopic (exact) mass is 409 g/mol. The predicted molar refractivity (Wildman–Crippen MR) is 122 cm³/mol. The van der Waals surface area contributed by atoms with E-state index in [0.29, 0.717) is 24.4 Å². The molecule has 1 aromatic heterocycles. The van der Waals surface area contributed by atoms with Crippen molar-refractivity contribution in [1.82, 2.24) is 10.3 Å². The largest absolute Gasteiger partial charge is 0.378 e. The van der Waals surface area contributed by atoms with Gasteiger partial charge in [0.05, 0.1) is 6.04 Å². The quantitative estimate of drug-likeness (QED) is 0.614. The van der Waals surface area contributed by atoms with Crippen LogP contribution in [0.25, 0.3) is 0 Å². The maximum Gasteiger partial charge on any atom is 0.251 e. The summed E-state index contributed by atoms with van der Waals surface area (Å²) in [4.78, 5) is 16.9. The van der Waals surface area contributed by atoms with Gasteiger partial charge in [0.25, 0.3) is 5.91 Å². The second-order valence-corrected chi connectivity index (χ2v) is 9.31. The molecule has 1 aliphatic heterocycles. The lowest BCUT2D eigenvalue weighted by Crippen LogP contribution is -2.35. The summed E-state index contributed by atoms with van der Waals surface area (Å²) >= 11 is 0. The van der Waals surface area contributed by atoms with Crippen LogP contribution in [0, 0.1) is 17.8 Å². The number of rotatable bonds is 4. The molecule has 0 unspecified atom stereocenters. The first-order chi connectivity index (χ1) is 15.3. The van der Waals surface area contributed by atoms with E-state index < -0.39 is 0 Å². The van der Waals surface area contributed by atoms with Crippen molar-refractivity contribution in [3.8, 4) is 0 Å². The molecular formula is C27H27N3O. The molecule has 5 atom stereocenters. The van der Waals surface area contributed by atoms with Gasteiger partial charge in [0.15, 0.2) is 0 Å². The van der Waals surface area contributed by atoms with E-state index in [1.54, 1.807) is 12.4 Å². The SMILES string of the molecule is O=C(NCc1ccncc1)c1ccc2c(c1)[C@@H]1[C@H]3CC[C@@H](C3)[C@@H]1[C@@H](c1ccccc1)N2. The fraction of sp³-hybridized carbons (Fsp3) is 0.333. The zero-order valence-corrected chi connectivity index (χ0v) is 17.5. The van der Waals surface area contributed by atoms with Crippen LogP contribution < -0.4 is 10.6 Å². The molecule has 2 aromatic carbocycles. The number of nitrogens with zero attached hydrogens (tertiary/aromatic N) is 1. The van der Waals surface area contributed by atoms with E-state index in [-0.39, 0.29) is 5.91 Å². The number of amides is 1. The number of hydrogen-bond donors (Lipinski definition) is 2. The molecule has 0 saturated heterocycles. The van der Waals surface area contributed by atoms with Crippen molar-refractivity contribution in [3.63, 3.8) is 0 Å². The molecule has 3 aromatic rings. The Morgan fingerprint density at radius 3 is 2.65 bits per heavy atom. The number of pyridine rings is 1. The Morgan fingerprint density at radius 1 is 1.00 bits per heavy atom. The van der Waals surface area contributed by atoms with Gasteiger partial charge in [0.1, 0.15) is 0 Å². The fourth-order valence-electron chi connectivity index (χ4n) is 6.40. The summed E-state index contributed by atoms with van der Waals surface area (Å²) in [5.74, 6) is 2.68. The molecule has 156 valence electrons. The highest BCUT2D eigenvalue weighted by Crippen LogP contribution is 2.63. The maximum atomic E-state index is 12.9. The van der Waals surface area contributed by atoms with Crippen LogP contribution in [0.4, 0.5) is 5.69 Å². The molecule has 31 heavy (non-hydrogen) atoms. The average Bonchev–Trinajstić information content (AvgIpc) is 3.46. The molecule has 6 rings (SSSR count). The van der Waals surface area contributed by atoms with E-state index >= 15 is 0 Å². The van der Waals surface area contributed by atoms with Gasteiger partial charge in [-0.15, -0.1) is 0 Å². The van der Waals surface area contributed by atoms with Crippen LogP contribution in [0.2, 0.25) is 0 Å². The minimum atomic E-state index is -0.00972. The van der Waals surface area contributed by atoms with Crippen LogP contribution in [0.5, 0.6) is 0 Å². The number of anilines is 1. The minimum absolute atomic E-state index is 0.00972. The van der Waals surface area contributed by atoms with E-state index in [1.165, 1.54) is 36.1 Å². The first-order valence-corrected chi connectivity index (χ1v) is 11.4. The summed E-state index contributed by atoms with van der Waals surface area (Å²) in [6.45, 7) is 0.517. The topological polar surface area (TPSA) is 54.0 Å². The van der Waals surface area contributed by atoms with Crippen molar-refractivity contribution in [3.05, 3.63) is 95.3 Å². The summed E-state index contributed by atoms with van der Waals surface area (Å²) in [5.41, 5.74) is 5.75. The summed E-state index contributed by atoms with van der Waals surface area (Å²) in [6, 6.07) is 21.4. The van der Waals surface area contributed by atoms with Gasteiger partial charge in [0.2, 0.25) is 0 Å². The highest BCUT2D eigenvalue weighted by Gasteiger charge is 2.53. The number of benzene rings is 2. The van der Waals surface area contributed by atoms with Crippen molar-refractivity contribution in [2.45, 2.75) is 37.8 Å². The third-order valence-electron chi connectivity index (χ3n) is 7.71. The standard InChI is InChI=1S/C27H27N3O/c31-27(29-16-17-10-12-28-13-11-17)21-8-9-23-22(15-21)24-19-6-7-20(14-19)25(24)26(30-23)18-4-2-1-3-5-18/h1-5,8-13,15,19-20,24-26,30H,6-7,14,16H2,(H,29,31)/t19-,20-,24-,25-,26+/m0/s1. The molecule has 2 heterocycles. The average molecular weight is 410 g/mol. The molecule has 2 saturated carbocycles. The fourth-order valence-corrected chi connectivity index (χ4v) is 6.40.